The lowest BCUT2D eigenvalue weighted by Crippen LogP contribution is -2.32. The Hall–Kier alpha value is -1.29. The summed E-state index contributed by atoms with van der Waals surface area (Å²) < 4.78 is 5.15. The summed E-state index contributed by atoms with van der Waals surface area (Å²) in [6, 6.07) is 2.44. The zero-order valence-corrected chi connectivity index (χ0v) is 10.5. The van der Waals surface area contributed by atoms with Crippen LogP contribution in [0.2, 0.25) is 0 Å². The van der Waals surface area contributed by atoms with Crippen LogP contribution >= 0.6 is 0 Å². The van der Waals surface area contributed by atoms with Crippen LogP contribution in [0.5, 0.6) is 0 Å². The number of hydrogen-bond acceptors (Lipinski definition) is 4. The van der Waals surface area contributed by atoms with E-state index in [1.807, 2.05) is 12.4 Å². The van der Waals surface area contributed by atoms with Gasteiger partial charge in [-0.05, 0) is 19.9 Å². The minimum absolute atomic E-state index is 0.337. The molecule has 1 rings (SSSR count). The lowest BCUT2D eigenvalue weighted by molar-refractivity contribution is 0.183. The molecule has 1 N–H and O–H groups in total. The van der Waals surface area contributed by atoms with Gasteiger partial charge in [-0.15, -0.1) is 0 Å². The monoisotopic (exact) mass is 223 g/mol. The summed E-state index contributed by atoms with van der Waals surface area (Å²) in [5.74, 6) is 0. The van der Waals surface area contributed by atoms with Gasteiger partial charge in [0.15, 0.2) is 0 Å². The highest BCUT2D eigenvalue weighted by molar-refractivity contribution is 5.55. The van der Waals surface area contributed by atoms with Crippen LogP contribution < -0.4 is 10.2 Å². The number of aromatic nitrogens is 1. The predicted molar refractivity (Wildman–Crippen MR) is 68.1 cm³/mol. The molecule has 0 saturated heterocycles. The Bertz CT molecular complexity index is 317. The van der Waals surface area contributed by atoms with Crippen molar-refractivity contribution in [3.63, 3.8) is 0 Å². The first kappa shape index (κ1) is 12.8. The third-order valence-electron chi connectivity index (χ3n) is 2.58. The molecule has 0 aliphatic rings. The van der Waals surface area contributed by atoms with Crippen molar-refractivity contribution in [3.05, 3.63) is 18.5 Å². The molecule has 0 bridgehead atoms. The van der Waals surface area contributed by atoms with E-state index in [-0.39, 0.29) is 0 Å². The Morgan fingerprint density at radius 3 is 2.88 bits per heavy atom. The number of nitrogens with zero attached hydrogens (tertiary/aromatic N) is 2. The normalized spacial score (nSPS) is 12.2. The molecule has 16 heavy (non-hydrogen) atoms. The first-order valence-corrected chi connectivity index (χ1v) is 5.59. The molecule has 1 aromatic heterocycles. The molecule has 0 aliphatic heterocycles. The third-order valence-corrected chi connectivity index (χ3v) is 2.58. The van der Waals surface area contributed by atoms with Crippen LogP contribution in [-0.2, 0) is 4.74 Å². The van der Waals surface area contributed by atoms with Crippen LogP contribution in [0.3, 0.4) is 0 Å². The quantitative estimate of drug-likeness (QED) is 0.800. The fourth-order valence-electron chi connectivity index (χ4n) is 1.53. The van der Waals surface area contributed by atoms with Crippen molar-refractivity contribution in [2.24, 2.45) is 0 Å². The van der Waals surface area contributed by atoms with E-state index in [0.29, 0.717) is 12.6 Å². The summed E-state index contributed by atoms with van der Waals surface area (Å²) >= 11 is 0. The lowest BCUT2D eigenvalue weighted by atomic mass is 10.2. The highest BCUT2D eigenvalue weighted by Gasteiger charge is 2.10. The molecule has 90 valence electrons. The van der Waals surface area contributed by atoms with Gasteiger partial charge in [0.25, 0.3) is 0 Å². The second-order valence-corrected chi connectivity index (χ2v) is 3.88. The zero-order chi connectivity index (χ0) is 12.0. The van der Waals surface area contributed by atoms with E-state index in [1.54, 1.807) is 7.11 Å². The molecule has 1 atom stereocenters. The van der Waals surface area contributed by atoms with E-state index in [4.69, 9.17) is 4.74 Å². The number of pyridine rings is 1. The smallest absolute Gasteiger partial charge is 0.0663 e. The number of nitrogens with one attached hydrogen (secondary N) is 1. The first-order valence-electron chi connectivity index (χ1n) is 5.59. The Morgan fingerprint density at radius 2 is 2.25 bits per heavy atom. The van der Waals surface area contributed by atoms with Gasteiger partial charge < -0.3 is 15.0 Å². The summed E-state index contributed by atoms with van der Waals surface area (Å²) in [5, 5.41) is 3.25. The minimum atomic E-state index is 0.337. The summed E-state index contributed by atoms with van der Waals surface area (Å²) in [5.41, 5.74) is 2.15. The van der Waals surface area contributed by atoms with Gasteiger partial charge in [0.2, 0.25) is 0 Å². The third kappa shape index (κ3) is 3.38. The highest BCUT2D eigenvalue weighted by Crippen LogP contribution is 2.18. The summed E-state index contributed by atoms with van der Waals surface area (Å²) in [6.45, 7) is 5.82. The van der Waals surface area contributed by atoms with E-state index in [0.717, 1.165) is 17.9 Å². The fourth-order valence-corrected chi connectivity index (χ4v) is 1.53. The van der Waals surface area contributed by atoms with Crippen LogP contribution in [0, 0.1) is 0 Å². The Labute approximate surface area is 97.6 Å². The molecular weight excluding hydrogens is 202 g/mol. The predicted octanol–water partition coefficient (Wildman–Crippen LogP) is 1.98. The number of rotatable bonds is 6. The molecule has 1 heterocycles. The average molecular weight is 223 g/mol. The van der Waals surface area contributed by atoms with Crippen molar-refractivity contribution in [2.45, 2.75) is 19.9 Å². The second-order valence-electron chi connectivity index (χ2n) is 3.88. The van der Waals surface area contributed by atoms with E-state index in [1.165, 1.54) is 0 Å². The maximum absolute atomic E-state index is 5.15. The molecule has 0 aliphatic carbocycles. The number of methoxy groups -OCH3 is 1. The van der Waals surface area contributed by atoms with Gasteiger partial charge in [-0.1, -0.05) is 0 Å². The van der Waals surface area contributed by atoms with Crippen LogP contribution in [-0.4, -0.2) is 38.3 Å². The van der Waals surface area contributed by atoms with Crippen molar-refractivity contribution < 1.29 is 4.74 Å². The standard InChI is InChI=1S/C12H21N3O/c1-5-14-11-6-12(8-13-7-11)15(3)10(2)9-16-4/h6-8,10,14H,5,9H2,1-4H3. The van der Waals surface area contributed by atoms with Gasteiger partial charge in [-0.2, -0.15) is 0 Å². The van der Waals surface area contributed by atoms with E-state index in [2.05, 4.69) is 42.2 Å². The second kappa shape index (κ2) is 6.33. The molecule has 1 unspecified atom stereocenters. The van der Waals surface area contributed by atoms with Crippen molar-refractivity contribution in [1.29, 1.82) is 0 Å². The van der Waals surface area contributed by atoms with Crippen molar-refractivity contribution in [2.75, 3.05) is 37.5 Å². The number of ether oxygens (including phenoxy) is 1. The fraction of sp³-hybridized carbons (Fsp3) is 0.583. The van der Waals surface area contributed by atoms with E-state index in [9.17, 15) is 0 Å². The molecule has 0 aromatic carbocycles. The molecule has 1 aromatic rings. The summed E-state index contributed by atoms with van der Waals surface area (Å²) in [4.78, 5) is 6.39. The molecule has 4 heteroatoms. The highest BCUT2D eigenvalue weighted by atomic mass is 16.5. The molecule has 0 amide bonds. The van der Waals surface area contributed by atoms with Crippen molar-refractivity contribution in [3.8, 4) is 0 Å². The van der Waals surface area contributed by atoms with Gasteiger partial charge in [-0.25, -0.2) is 0 Å². The van der Waals surface area contributed by atoms with E-state index < -0.39 is 0 Å². The maximum Gasteiger partial charge on any atom is 0.0663 e. The van der Waals surface area contributed by atoms with Crippen LogP contribution in [0.25, 0.3) is 0 Å². The number of likely N-dealkylation sites (N-methyl/N-ethyl adjacent to an activating group) is 1. The maximum atomic E-state index is 5.15. The Kier molecular flexibility index (Phi) is 5.05. The molecule has 0 spiro atoms. The molecule has 0 fully saturated rings. The topological polar surface area (TPSA) is 37.4 Å². The zero-order valence-electron chi connectivity index (χ0n) is 10.5. The first-order chi connectivity index (χ1) is 7.69. The van der Waals surface area contributed by atoms with Gasteiger partial charge in [0.05, 0.1) is 30.4 Å². The molecular formula is C12H21N3O. The number of hydrogen-bond donors (Lipinski definition) is 1. The van der Waals surface area contributed by atoms with Crippen LogP contribution in [0.4, 0.5) is 11.4 Å². The van der Waals surface area contributed by atoms with Gasteiger partial charge >= 0.3 is 0 Å². The van der Waals surface area contributed by atoms with Gasteiger partial charge in [0, 0.05) is 26.7 Å². The average Bonchev–Trinajstić information content (AvgIpc) is 2.29. The van der Waals surface area contributed by atoms with Gasteiger partial charge in [-0.3, -0.25) is 4.98 Å². The SMILES string of the molecule is CCNc1cncc(N(C)C(C)COC)c1. The minimum Gasteiger partial charge on any atom is -0.384 e. The van der Waals surface area contributed by atoms with Crippen molar-refractivity contribution >= 4 is 11.4 Å². The van der Waals surface area contributed by atoms with E-state index >= 15 is 0 Å². The molecule has 4 nitrogen and oxygen atoms in total. The van der Waals surface area contributed by atoms with Crippen LogP contribution in [0.1, 0.15) is 13.8 Å². The summed E-state index contributed by atoms with van der Waals surface area (Å²) in [6.07, 6.45) is 3.70. The van der Waals surface area contributed by atoms with Crippen molar-refractivity contribution in [1.82, 2.24) is 4.98 Å². The Balaban J connectivity index is 2.74. The summed E-state index contributed by atoms with van der Waals surface area (Å²) in [7, 11) is 3.77. The van der Waals surface area contributed by atoms with Crippen LogP contribution in [0.15, 0.2) is 18.5 Å². The largest absolute Gasteiger partial charge is 0.384 e. The van der Waals surface area contributed by atoms with Gasteiger partial charge in [0.1, 0.15) is 0 Å². The molecule has 0 radical (unpaired) electrons. The Morgan fingerprint density at radius 1 is 1.50 bits per heavy atom. The lowest BCUT2D eigenvalue weighted by Gasteiger charge is -2.26. The number of anilines is 2. The molecule has 0 saturated carbocycles.